The number of amides is 1. The molecule has 2 rings (SSSR count). The molecule has 0 aromatic heterocycles. The Hall–Kier alpha value is -2.16. The molecule has 1 fully saturated rings. The third-order valence-electron chi connectivity index (χ3n) is 4.50. The average molecular weight is 383 g/mol. The Kier molecular flexibility index (Phi) is 6.22. The first kappa shape index (κ1) is 20.2. The zero-order valence-corrected chi connectivity index (χ0v) is 16.1. The van der Waals surface area contributed by atoms with Gasteiger partial charge in [0.25, 0.3) is 5.69 Å². The van der Waals surface area contributed by atoms with Crippen molar-refractivity contribution in [2.24, 2.45) is 11.8 Å². The van der Waals surface area contributed by atoms with Crippen LogP contribution in [0.2, 0.25) is 0 Å². The van der Waals surface area contributed by atoms with Crippen LogP contribution in [0.5, 0.6) is 0 Å². The molecule has 8 nitrogen and oxygen atoms in total. The molecule has 0 saturated carbocycles. The number of hydrogen-bond acceptors (Lipinski definition) is 6. The van der Waals surface area contributed by atoms with Crippen LogP contribution in [0.3, 0.4) is 0 Å². The molecule has 0 radical (unpaired) electrons. The summed E-state index contributed by atoms with van der Waals surface area (Å²) < 4.78 is 24.3. The van der Waals surface area contributed by atoms with Gasteiger partial charge in [-0.25, -0.2) is 8.42 Å². The van der Waals surface area contributed by atoms with Crippen molar-refractivity contribution < 1.29 is 18.1 Å². The topological polar surface area (TPSA) is 110 Å². The number of sulfone groups is 1. The lowest BCUT2D eigenvalue weighted by Gasteiger charge is -2.35. The molecule has 1 N–H and O–H groups in total. The highest BCUT2D eigenvalue weighted by atomic mass is 32.2. The monoisotopic (exact) mass is 383 g/mol. The number of carbonyl (C=O) groups excluding carboxylic acids is 1. The number of nitrogens with one attached hydrogen (secondary N) is 1. The molecule has 1 amide bonds. The van der Waals surface area contributed by atoms with Crippen LogP contribution in [0.25, 0.3) is 0 Å². The molecular weight excluding hydrogens is 358 g/mol. The van der Waals surface area contributed by atoms with Crippen LogP contribution in [0, 0.1) is 22.0 Å². The largest absolute Gasteiger partial charge is 0.370 e. The number of rotatable bonds is 6. The Labute approximate surface area is 153 Å². The fourth-order valence-corrected chi connectivity index (χ4v) is 3.99. The van der Waals surface area contributed by atoms with Crippen LogP contribution >= 0.6 is 0 Å². The van der Waals surface area contributed by atoms with Gasteiger partial charge in [-0.05, 0) is 24.8 Å². The number of non-ortho nitro benzene ring substituents is 1. The Bertz CT molecular complexity index is 792. The first-order valence-electron chi connectivity index (χ1n) is 8.60. The number of nitrogens with zero attached hydrogens (tertiary/aromatic N) is 2. The lowest BCUT2D eigenvalue weighted by Crippen LogP contribution is -2.42. The van der Waals surface area contributed by atoms with Crippen molar-refractivity contribution in [3.05, 3.63) is 28.3 Å². The van der Waals surface area contributed by atoms with Gasteiger partial charge in [-0.1, -0.05) is 13.8 Å². The highest BCUT2D eigenvalue weighted by Gasteiger charge is 2.26. The third-order valence-corrected chi connectivity index (χ3v) is 5.63. The Morgan fingerprint density at radius 2 is 2.12 bits per heavy atom. The van der Waals surface area contributed by atoms with Crippen LogP contribution in [-0.4, -0.2) is 45.1 Å². The second-order valence-electron chi connectivity index (χ2n) is 7.04. The van der Waals surface area contributed by atoms with E-state index in [-0.39, 0.29) is 28.3 Å². The predicted molar refractivity (Wildman–Crippen MR) is 99.0 cm³/mol. The van der Waals surface area contributed by atoms with Gasteiger partial charge in [0, 0.05) is 43.9 Å². The van der Waals surface area contributed by atoms with E-state index in [1.54, 1.807) is 0 Å². The van der Waals surface area contributed by atoms with Gasteiger partial charge in [0.15, 0.2) is 9.84 Å². The summed E-state index contributed by atoms with van der Waals surface area (Å²) in [6.07, 6.45) is 2.86. The molecule has 0 spiro atoms. The van der Waals surface area contributed by atoms with E-state index in [1.807, 2.05) is 18.7 Å². The van der Waals surface area contributed by atoms with Crippen LogP contribution < -0.4 is 10.2 Å². The molecule has 144 valence electrons. The molecule has 1 unspecified atom stereocenters. The van der Waals surface area contributed by atoms with E-state index in [4.69, 9.17) is 0 Å². The summed E-state index contributed by atoms with van der Waals surface area (Å²) in [5, 5.41) is 13.9. The minimum absolute atomic E-state index is 0.00529. The number of hydrogen-bond donors (Lipinski definition) is 1. The summed E-state index contributed by atoms with van der Waals surface area (Å²) in [6.45, 7) is 5.47. The summed E-state index contributed by atoms with van der Waals surface area (Å²) >= 11 is 0. The highest BCUT2D eigenvalue weighted by Crippen LogP contribution is 2.32. The maximum absolute atomic E-state index is 12.1. The fraction of sp³-hybridized carbons (Fsp3) is 0.588. The van der Waals surface area contributed by atoms with E-state index in [2.05, 4.69) is 5.32 Å². The maximum Gasteiger partial charge on any atom is 0.270 e. The summed E-state index contributed by atoms with van der Waals surface area (Å²) in [5.74, 6) is 0.115. The highest BCUT2D eigenvalue weighted by molar-refractivity contribution is 7.90. The molecule has 1 heterocycles. The second-order valence-corrected chi connectivity index (χ2v) is 9.02. The first-order chi connectivity index (χ1) is 12.1. The van der Waals surface area contributed by atoms with E-state index in [1.165, 1.54) is 12.1 Å². The van der Waals surface area contributed by atoms with Crippen molar-refractivity contribution >= 4 is 27.1 Å². The van der Waals surface area contributed by atoms with E-state index in [9.17, 15) is 23.3 Å². The van der Waals surface area contributed by atoms with Crippen molar-refractivity contribution in [3.63, 3.8) is 0 Å². The quantitative estimate of drug-likeness (QED) is 0.594. The van der Waals surface area contributed by atoms with E-state index in [0.717, 1.165) is 25.2 Å². The fourth-order valence-electron chi connectivity index (χ4n) is 3.07. The average Bonchev–Trinajstić information content (AvgIpc) is 2.58. The van der Waals surface area contributed by atoms with E-state index in [0.29, 0.717) is 25.3 Å². The summed E-state index contributed by atoms with van der Waals surface area (Å²) in [4.78, 5) is 24.0. The van der Waals surface area contributed by atoms with Crippen LogP contribution in [0.1, 0.15) is 26.7 Å². The van der Waals surface area contributed by atoms with Gasteiger partial charge < -0.3 is 10.2 Å². The molecule has 1 aliphatic rings. The molecule has 1 saturated heterocycles. The number of benzene rings is 1. The van der Waals surface area contributed by atoms with E-state index >= 15 is 0 Å². The Morgan fingerprint density at radius 3 is 2.69 bits per heavy atom. The van der Waals surface area contributed by atoms with E-state index < -0.39 is 14.8 Å². The van der Waals surface area contributed by atoms with Crippen LogP contribution in [-0.2, 0) is 14.6 Å². The molecule has 0 bridgehead atoms. The zero-order valence-electron chi connectivity index (χ0n) is 15.3. The maximum atomic E-state index is 12.1. The standard InChI is InChI=1S/C17H25N3O5S/c1-12(2)17(21)18-10-13-5-4-8-19(11-13)15-7-6-14(20(22)23)9-16(15)26(3,24)25/h6-7,9,12-13H,4-5,8,10-11H2,1-3H3,(H,18,21). The molecule has 0 aliphatic carbocycles. The molecule has 9 heteroatoms. The number of piperidine rings is 1. The van der Waals surface area contributed by atoms with Crippen molar-refractivity contribution in [2.75, 3.05) is 30.8 Å². The first-order valence-corrected chi connectivity index (χ1v) is 10.5. The van der Waals surface area contributed by atoms with Crippen LogP contribution in [0.4, 0.5) is 11.4 Å². The number of anilines is 1. The van der Waals surface area contributed by atoms with Gasteiger partial charge in [-0.3, -0.25) is 14.9 Å². The molecule has 1 aliphatic heterocycles. The van der Waals surface area contributed by atoms with Gasteiger partial charge in [0.05, 0.1) is 15.5 Å². The lowest BCUT2D eigenvalue weighted by molar-refractivity contribution is -0.385. The van der Waals surface area contributed by atoms with Crippen LogP contribution in [0.15, 0.2) is 23.1 Å². The van der Waals surface area contributed by atoms with Gasteiger partial charge in [0.2, 0.25) is 5.91 Å². The molecular formula is C17H25N3O5S. The summed E-state index contributed by atoms with van der Waals surface area (Å²) in [6, 6.07) is 3.95. The number of nitro benzene ring substituents is 1. The second kappa shape index (κ2) is 8.03. The summed E-state index contributed by atoms with van der Waals surface area (Å²) in [7, 11) is -3.61. The molecule has 1 aromatic rings. The van der Waals surface area contributed by atoms with Crippen molar-refractivity contribution in [3.8, 4) is 0 Å². The molecule has 26 heavy (non-hydrogen) atoms. The van der Waals surface area contributed by atoms with Gasteiger partial charge in [-0.2, -0.15) is 0 Å². The van der Waals surface area contributed by atoms with Crippen molar-refractivity contribution in [1.29, 1.82) is 0 Å². The SMILES string of the molecule is CC(C)C(=O)NCC1CCCN(c2ccc([N+](=O)[O-])cc2S(C)(=O)=O)C1. The molecule has 1 aromatic carbocycles. The van der Waals surface area contributed by atoms with Gasteiger partial charge in [-0.15, -0.1) is 0 Å². The van der Waals surface area contributed by atoms with Crippen molar-refractivity contribution in [1.82, 2.24) is 5.32 Å². The Morgan fingerprint density at radius 1 is 1.42 bits per heavy atom. The number of carbonyl (C=O) groups is 1. The minimum Gasteiger partial charge on any atom is -0.370 e. The summed E-state index contributed by atoms with van der Waals surface area (Å²) in [5.41, 5.74) is 0.241. The Balaban J connectivity index is 2.22. The third kappa shape index (κ3) is 4.94. The normalized spacial score (nSPS) is 18.0. The predicted octanol–water partition coefficient (Wildman–Crippen LogP) is 1.99. The molecule has 1 atom stereocenters. The lowest BCUT2D eigenvalue weighted by atomic mass is 9.97. The van der Waals surface area contributed by atoms with Gasteiger partial charge >= 0.3 is 0 Å². The smallest absolute Gasteiger partial charge is 0.270 e. The van der Waals surface area contributed by atoms with Gasteiger partial charge in [0.1, 0.15) is 0 Å². The van der Waals surface area contributed by atoms with Crippen molar-refractivity contribution in [2.45, 2.75) is 31.6 Å². The minimum atomic E-state index is -3.61. The zero-order chi connectivity index (χ0) is 19.5. The number of nitro groups is 1.